The van der Waals surface area contributed by atoms with Crippen molar-refractivity contribution >= 4 is 6.29 Å². The van der Waals surface area contributed by atoms with Crippen LogP contribution in [0.25, 0.3) is 0 Å². The van der Waals surface area contributed by atoms with Crippen molar-refractivity contribution in [3.63, 3.8) is 0 Å². The number of benzene rings is 1. The Bertz CT molecular complexity index is 283. The van der Waals surface area contributed by atoms with E-state index in [1.165, 1.54) is 6.92 Å². The van der Waals surface area contributed by atoms with E-state index < -0.39 is 5.67 Å². The van der Waals surface area contributed by atoms with Crippen LogP contribution in [0.5, 0.6) is 0 Å². The maximum Gasteiger partial charge on any atom is 0.186 e. The first-order chi connectivity index (χ1) is 6.64. The summed E-state index contributed by atoms with van der Waals surface area (Å²) in [5.74, 6) is 0. The molecule has 0 fully saturated rings. The molecule has 0 heterocycles. The molecule has 14 heavy (non-hydrogen) atoms. The lowest BCUT2D eigenvalue weighted by atomic mass is 10.2. The molecule has 0 N–H and O–H groups in total. The van der Waals surface area contributed by atoms with Crippen LogP contribution in [0.15, 0.2) is 30.3 Å². The third kappa shape index (κ3) is 3.66. The molecule has 2 nitrogen and oxygen atoms in total. The number of hydrogen-bond donors (Lipinski definition) is 0. The minimum Gasteiger partial charge on any atom is -0.373 e. The molecule has 0 saturated carbocycles. The van der Waals surface area contributed by atoms with E-state index in [2.05, 4.69) is 0 Å². The molecule has 0 saturated heterocycles. The average Bonchev–Trinajstić information content (AvgIpc) is 2.19. The lowest BCUT2D eigenvalue weighted by Gasteiger charge is -2.12. The fourth-order valence-corrected chi connectivity index (χ4v) is 0.977. The van der Waals surface area contributed by atoms with E-state index in [-0.39, 0.29) is 12.9 Å². The Balaban J connectivity index is 2.32. The Morgan fingerprint density at radius 2 is 2.07 bits per heavy atom. The minimum atomic E-state index is -1.88. The molecular formula is C11H13FO2. The van der Waals surface area contributed by atoms with Crippen LogP contribution in [-0.2, 0) is 16.1 Å². The van der Waals surface area contributed by atoms with Gasteiger partial charge in [0, 0.05) is 0 Å². The Kier molecular flexibility index (Phi) is 3.77. The summed E-state index contributed by atoms with van der Waals surface area (Å²) in [6, 6.07) is 9.43. The molecule has 0 aromatic heterocycles. The molecule has 0 spiro atoms. The van der Waals surface area contributed by atoms with Gasteiger partial charge in [-0.3, -0.25) is 4.79 Å². The monoisotopic (exact) mass is 196 g/mol. The van der Waals surface area contributed by atoms with Gasteiger partial charge in [-0.15, -0.1) is 0 Å². The lowest BCUT2D eigenvalue weighted by Crippen LogP contribution is -2.26. The van der Waals surface area contributed by atoms with Gasteiger partial charge in [-0.05, 0) is 12.5 Å². The zero-order valence-corrected chi connectivity index (χ0v) is 8.07. The van der Waals surface area contributed by atoms with E-state index in [4.69, 9.17) is 4.74 Å². The second-order valence-electron chi connectivity index (χ2n) is 3.37. The highest BCUT2D eigenvalue weighted by Gasteiger charge is 2.21. The SMILES string of the molecule is C[C@@](F)(C=O)COCc1ccccc1. The van der Waals surface area contributed by atoms with E-state index in [1.807, 2.05) is 30.3 Å². The Hall–Kier alpha value is -1.22. The molecule has 0 aliphatic carbocycles. The van der Waals surface area contributed by atoms with Gasteiger partial charge in [0.15, 0.2) is 12.0 Å². The summed E-state index contributed by atoms with van der Waals surface area (Å²) in [6.07, 6.45) is 0.262. The van der Waals surface area contributed by atoms with Crippen molar-refractivity contribution in [3.8, 4) is 0 Å². The van der Waals surface area contributed by atoms with E-state index in [0.717, 1.165) is 5.56 Å². The fourth-order valence-electron chi connectivity index (χ4n) is 0.977. The van der Waals surface area contributed by atoms with Gasteiger partial charge in [0.05, 0.1) is 13.2 Å². The van der Waals surface area contributed by atoms with E-state index in [0.29, 0.717) is 6.61 Å². The number of alkyl halides is 1. The van der Waals surface area contributed by atoms with Crippen molar-refractivity contribution < 1.29 is 13.9 Å². The van der Waals surface area contributed by atoms with Crippen LogP contribution in [0.4, 0.5) is 4.39 Å². The molecule has 1 atom stereocenters. The molecular weight excluding hydrogens is 183 g/mol. The predicted octanol–water partition coefficient (Wildman–Crippen LogP) is 2.13. The molecule has 0 aliphatic rings. The van der Waals surface area contributed by atoms with Gasteiger partial charge in [-0.1, -0.05) is 30.3 Å². The summed E-state index contributed by atoms with van der Waals surface area (Å²) < 4.78 is 18.1. The highest BCUT2D eigenvalue weighted by Crippen LogP contribution is 2.08. The van der Waals surface area contributed by atoms with Crippen molar-refractivity contribution in [2.24, 2.45) is 0 Å². The first kappa shape index (κ1) is 10.9. The van der Waals surface area contributed by atoms with E-state index in [1.54, 1.807) is 0 Å². The van der Waals surface area contributed by atoms with Crippen molar-refractivity contribution in [1.29, 1.82) is 0 Å². The highest BCUT2D eigenvalue weighted by atomic mass is 19.1. The lowest BCUT2D eigenvalue weighted by molar-refractivity contribution is -0.120. The standard InChI is InChI=1S/C11H13FO2/c1-11(12,8-13)9-14-7-10-5-3-2-4-6-10/h2-6,8H,7,9H2,1H3/t11-/m1/s1. The Morgan fingerprint density at radius 1 is 1.43 bits per heavy atom. The van der Waals surface area contributed by atoms with Crippen molar-refractivity contribution in [3.05, 3.63) is 35.9 Å². The maximum atomic E-state index is 13.0. The smallest absolute Gasteiger partial charge is 0.186 e. The van der Waals surface area contributed by atoms with Gasteiger partial charge in [0.25, 0.3) is 0 Å². The normalized spacial score (nSPS) is 14.7. The second kappa shape index (κ2) is 4.86. The topological polar surface area (TPSA) is 26.3 Å². The number of hydrogen-bond acceptors (Lipinski definition) is 2. The first-order valence-corrected chi connectivity index (χ1v) is 4.41. The van der Waals surface area contributed by atoms with E-state index >= 15 is 0 Å². The van der Waals surface area contributed by atoms with Gasteiger partial charge >= 0.3 is 0 Å². The molecule has 3 heteroatoms. The van der Waals surface area contributed by atoms with Gasteiger partial charge in [-0.25, -0.2) is 4.39 Å². The van der Waals surface area contributed by atoms with Crippen LogP contribution in [0, 0.1) is 0 Å². The molecule has 1 aromatic rings. The van der Waals surface area contributed by atoms with Crippen molar-refractivity contribution in [2.75, 3.05) is 6.61 Å². The Labute approximate surface area is 82.7 Å². The van der Waals surface area contributed by atoms with Crippen molar-refractivity contribution in [2.45, 2.75) is 19.2 Å². The molecule has 0 unspecified atom stereocenters. The number of aldehydes is 1. The predicted molar refractivity (Wildman–Crippen MR) is 51.7 cm³/mol. The van der Waals surface area contributed by atoms with Crippen LogP contribution in [-0.4, -0.2) is 18.6 Å². The minimum absolute atomic E-state index is 0.203. The van der Waals surface area contributed by atoms with Gasteiger partial charge in [0.2, 0.25) is 0 Å². The summed E-state index contributed by atoms with van der Waals surface area (Å²) in [5, 5.41) is 0. The van der Waals surface area contributed by atoms with Gasteiger partial charge in [-0.2, -0.15) is 0 Å². The van der Waals surface area contributed by atoms with Crippen LogP contribution >= 0.6 is 0 Å². The molecule has 1 aromatic carbocycles. The van der Waals surface area contributed by atoms with Crippen LogP contribution < -0.4 is 0 Å². The number of rotatable bonds is 5. The zero-order valence-electron chi connectivity index (χ0n) is 8.07. The third-order valence-corrected chi connectivity index (χ3v) is 1.74. The fraction of sp³-hybridized carbons (Fsp3) is 0.364. The third-order valence-electron chi connectivity index (χ3n) is 1.74. The number of halogens is 1. The Morgan fingerprint density at radius 3 is 2.64 bits per heavy atom. The largest absolute Gasteiger partial charge is 0.373 e. The summed E-state index contributed by atoms with van der Waals surface area (Å²) in [6.45, 7) is 1.32. The molecule has 0 radical (unpaired) electrons. The average molecular weight is 196 g/mol. The highest BCUT2D eigenvalue weighted by molar-refractivity contribution is 5.61. The van der Waals surface area contributed by atoms with Crippen molar-refractivity contribution in [1.82, 2.24) is 0 Å². The van der Waals surface area contributed by atoms with Crippen LogP contribution in [0.3, 0.4) is 0 Å². The first-order valence-electron chi connectivity index (χ1n) is 4.41. The summed E-state index contributed by atoms with van der Waals surface area (Å²) in [7, 11) is 0. The number of carbonyl (C=O) groups is 1. The molecule has 0 aliphatic heterocycles. The second-order valence-corrected chi connectivity index (χ2v) is 3.37. The van der Waals surface area contributed by atoms with E-state index in [9.17, 15) is 9.18 Å². The quantitative estimate of drug-likeness (QED) is 0.674. The molecule has 76 valence electrons. The van der Waals surface area contributed by atoms with Gasteiger partial charge in [0.1, 0.15) is 0 Å². The number of carbonyl (C=O) groups excluding carboxylic acids is 1. The van der Waals surface area contributed by atoms with Gasteiger partial charge < -0.3 is 4.74 Å². The zero-order chi connectivity index (χ0) is 10.4. The number of ether oxygens (including phenoxy) is 1. The summed E-state index contributed by atoms with van der Waals surface area (Å²) in [5.41, 5.74) is -0.913. The molecule has 0 amide bonds. The summed E-state index contributed by atoms with van der Waals surface area (Å²) in [4.78, 5) is 10.2. The van der Waals surface area contributed by atoms with Crippen LogP contribution in [0.1, 0.15) is 12.5 Å². The van der Waals surface area contributed by atoms with Crippen LogP contribution in [0.2, 0.25) is 0 Å². The maximum absolute atomic E-state index is 13.0. The molecule has 1 rings (SSSR count). The molecule has 0 bridgehead atoms. The summed E-state index contributed by atoms with van der Waals surface area (Å²) >= 11 is 0.